The van der Waals surface area contributed by atoms with Crippen LogP contribution in [-0.2, 0) is 11.3 Å². The van der Waals surface area contributed by atoms with E-state index in [0.29, 0.717) is 29.6 Å². The molecule has 4 nitrogen and oxygen atoms in total. The van der Waals surface area contributed by atoms with E-state index in [-0.39, 0.29) is 5.97 Å². The minimum atomic E-state index is -0.275. The van der Waals surface area contributed by atoms with Gasteiger partial charge in [-0.1, -0.05) is 20.3 Å². The van der Waals surface area contributed by atoms with Crippen LogP contribution in [0.15, 0.2) is 0 Å². The van der Waals surface area contributed by atoms with Crippen LogP contribution in [0.4, 0.5) is 0 Å². The molecule has 0 aliphatic carbocycles. The average molecular weight is 256 g/mol. The fourth-order valence-electron chi connectivity index (χ4n) is 1.59. The summed E-state index contributed by atoms with van der Waals surface area (Å²) in [4.78, 5) is 16.6. The Labute approximate surface area is 106 Å². The van der Waals surface area contributed by atoms with Crippen molar-refractivity contribution in [1.29, 1.82) is 0 Å². The molecule has 0 radical (unpaired) electrons. The maximum absolute atomic E-state index is 11.8. The molecule has 0 spiro atoms. The Morgan fingerprint density at radius 1 is 1.59 bits per heavy atom. The van der Waals surface area contributed by atoms with Crippen molar-refractivity contribution in [3.8, 4) is 0 Å². The van der Waals surface area contributed by atoms with E-state index in [1.54, 1.807) is 0 Å². The Kier molecular flexibility index (Phi) is 5.58. The smallest absolute Gasteiger partial charge is 0.350 e. The van der Waals surface area contributed by atoms with Crippen LogP contribution >= 0.6 is 11.3 Å². The number of esters is 1. The molecule has 1 aromatic heterocycles. The number of thiazole rings is 1. The lowest BCUT2D eigenvalue weighted by molar-refractivity contribution is 0.0448. The first-order valence-corrected chi connectivity index (χ1v) is 6.73. The minimum Gasteiger partial charge on any atom is -0.461 e. The van der Waals surface area contributed by atoms with Crippen molar-refractivity contribution in [3.05, 3.63) is 15.6 Å². The summed E-state index contributed by atoms with van der Waals surface area (Å²) >= 11 is 1.32. The van der Waals surface area contributed by atoms with Gasteiger partial charge >= 0.3 is 5.97 Å². The molecular formula is C12H20N2O2S. The van der Waals surface area contributed by atoms with Crippen LogP contribution in [-0.4, -0.2) is 17.6 Å². The summed E-state index contributed by atoms with van der Waals surface area (Å²) in [5.74, 6) is 0.133. The molecule has 96 valence electrons. The molecule has 0 aliphatic rings. The molecule has 0 aromatic carbocycles. The van der Waals surface area contributed by atoms with E-state index in [1.165, 1.54) is 11.3 Å². The van der Waals surface area contributed by atoms with Crippen molar-refractivity contribution in [2.45, 2.75) is 40.2 Å². The normalized spacial score (nSPS) is 12.5. The molecule has 0 bridgehead atoms. The first kappa shape index (κ1) is 14.1. The predicted octanol–water partition coefficient (Wildman–Crippen LogP) is 2.50. The number of hydrogen-bond donors (Lipinski definition) is 1. The van der Waals surface area contributed by atoms with Gasteiger partial charge < -0.3 is 10.5 Å². The zero-order chi connectivity index (χ0) is 12.8. The standard InChI is InChI=1S/C12H20N2O2S/c1-4-5-8(2)7-16-12(15)11-9(3)14-10(6-13)17-11/h8H,4-7,13H2,1-3H3. The molecule has 0 saturated heterocycles. The highest BCUT2D eigenvalue weighted by atomic mass is 32.1. The number of nitrogens with zero attached hydrogens (tertiary/aromatic N) is 1. The number of aryl methyl sites for hydroxylation is 1. The van der Waals surface area contributed by atoms with Crippen LogP contribution in [0, 0.1) is 12.8 Å². The molecule has 1 aromatic rings. The number of nitrogens with two attached hydrogens (primary N) is 1. The van der Waals surface area contributed by atoms with Crippen LogP contribution in [0.25, 0.3) is 0 Å². The fraction of sp³-hybridized carbons (Fsp3) is 0.667. The first-order valence-electron chi connectivity index (χ1n) is 5.92. The van der Waals surface area contributed by atoms with Gasteiger partial charge in [0.2, 0.25) is 0 Å². The third-order valence-corrected chi connectivity index (χ3v) is 3.64. The first-order chi connectivity index (χ1) is 8.08. The Hall–Kier alpha value is -0.940. The number of aromatic nitrogens is 1. The zero-order valence-corrected chi connectivity index (χ0v) is 11.5. The maximum Gasteiger partial charge on any atom is 0.350 e. The van der Waals surface area contributed by atoms with Gasteiger partial charge in [-0.05, 0) is 19.3 Å². The molecule has 5 heteroatoms. The van der Waals surface area contributed by atoms with Gasteiger partial charge in [0.25, 0.3) is 0 Å². The SMILES string of the molecule is CCCC(C)COC(=O)c1sc(CN)nc1C. The van der Waals surface area contributed by atoms with E-state index < -0.39 is 0 Å². The van der Waals surface area contributed by atoms with Gasteiger partial charge in [0.05, 0.1) is 12.3 Å². The van der Waals surface area contributed by atoms with E-state index in [4.69, 9.17) is 10.5 Å². The van der Waals surface area contributed by atoms with Crippen LogP contribution in [0.5, 0.6) is 0 Å². The fourth-order valence-corrected chi connectivity index (χ4v) is 2.43. The van der Waals surface area contributed by atoms with Crippen LogP contribution in [0.1, 0.15) is 47.1 Å². The van der Waals surface area contributed by atoms with Gasteiger partial charge in [0.1, 0.15) is 9.88 Å². The average Bonchev–Trinajstić information content (AvgIpc) is 2.68. The Balaban J connectivity index is 2.54. The largest absolute Gasteiger partial charge is 0.461 e. The number of hydrogen-bond acceptors (Lipinski definition) is 5. The molecule has 1 unspecified atom stereocenters. The topological polar surface area (TPSA) is 65.2 Å². The van der Waals surface area contributed by atoms with E-state index >= 15 is 0 Å². The third-order valence-electron chi connectivity index (χ3n) is 2.48. The van der Waals surface area contributed by atoms with E-state index in [0.717, 1.165) is 17.8 Å². The quantitative estimate of drug-likeness (QED) is 0.794. The second-order valence-electron chi connectivity index (χ2n) is 4.22. The third kappa shape index (κ3) is 4.09. The highest BCUT2D eigenvalue weighted by molar-refractivity contribution is 7.13. The summed E-state index contributed by atoms with van der Waals surface area (Å²) in [6, 6.07) is 0. The van der Waals surface area contributed by atoms with Gasteiger partial charge in [0.15, 0.2) is 0 Å². The highest BCUT2D eigenvalue weighted by Gasteiger charge is 2.16. The second-order valence-corrected chi connectivity index (χ2v) is 5.30. The van der Waals surface area contributed by atoms with E-state index in [9.17, 15) is 4.79 Å². The molecule has 17 heavy (non-hydrogen) atoms. The molecule has 0 fully saturated rings. The molecule has 0 amide bonds. The van der Waals surface area contributed by atoms with Crippen molar-refractivity contribution in [3.63, 3.8) is 0 Å². The van der Waals surface area contributed by atoms with Crippen molar-refractivity contribution in [1.82, 2.24) is 4.98 Å². The van der Waals surface area contributed by atoms with Gasteiger partial charge in [-0.3, -0.25) is 0 Å². The van der Waals surface area contributed by atoms with Gasteiger partial charge in [0, 0.05) is 6.54 Å². The van der Waals surface area contributed by atoms with Crippen LogP contribution < -0.4 is 5.73 Å². The predicted molar refractivity (Wildman–Crippen MR) is 69.1 cm³/mol. The highest BCUT2D eigenvalue weighted by Crippen LogP contribution is 2.19. The van der Waals surface area contributed by atoms with Crippen molar-refractivity contribution < 1.29 is 9.53 Å². The van der Waals surface area contributed by atoms with E-state index in [1.807, 2.05) is 6.92 Å². The lowest BCUT2D eigenvalue weighted by atomic mass is 10.1. The van der Waals surface area contributed by atoms with Crippen molar-refractivity contribution in [2.75, 3.05) is 6.61 Å². The van der Waals surface area contributed by atoms with Crippen LogP contribution in [0.2, 0.25) is 0 Å². The number of carbonyl (C=O) groups excluding carboxylic acids is 1. The summed E-state index contributed by atoms with van der Waals surface area (Å²) in [5.41, 5.74) is 6.20. The molecule has 1 atom stereocenters. The summed E-state index contributed by atoms with van der Waals surface area (Å²) in [6.45, 7) is 6.86. The lowest BCUT2D eigenvalue weighted by Gasteiger charge is -2.10. The monoisotopic (exact) mass is 256 g/mol. The number of rotatable bonds is 6. The number of carbonyl (C=O) groups is 1. The molecule has 2 N–H and O–H groups in total. The number of ether oxygens (including phenoxy) is 1. The Morgan fingerprint density at radius 2 is 2.29 bits per heavy atom. The van der Waals surface area contributed by atoms with Crippen LogP contribution in [0.3, 0.4) is 0 Å². The summed E-state index contributed by atoms with van der Waals surface area (Å²) < 4.78 is 5.27. The molecular weight excluding hydrogens is 236 g/mol. The molecule has 0 aliphatic heterocycles. The Bertz CT molecular complexity index is 377. The Morgan fingerprint density at radius 3 is 2.82 bits per heavy atom. The molecule has 0 saturated carbocycles. The van der Waals surface area contributed by atoms with Crippen molar-refractivity contribution >= 4 is 17.3 Å². The van der Waals surface area contributed by atoms with Gasteiger partial charge in [-0.2, -0.15) is 0 Å². The lowest BCUT2D eigenvalue weighted by Crippen LogP contribution is -2.11. The summed E-state index contributed by atoms with van der Waals surface area (Å²) in [6.07, 6.45) is 2.18. The van der Waals surface area contributed by atoms with Crippen molar-refractivity contribution in [2.24, 2.45) is 11.7 Å². The summed E-state index contributed by atoms with van der Waals surface area (Å²) in [7, 11) is 0. The van der Waals surface area contributed by atoms with E-state index in [2.05, 4.69) is 18.8 Å². The molecule has 1 heterocycles. The maximum atomic E-state index is 11.8. The van der Waals surface area contributed by atoms with Gasteiger partial charge in [-0.15, -0.1) is 11.3 Å². The molecule has 1 rings (SSSR count). The second kappa shape index (κ2) is 6.71. The summed E-state index contributed by atoms with van der Waals surface area (Å²) in [5, 5.41) is 0.774. The van der Waals surface area contributed by atoms with Gasteiger partial charge in [-0.25, -0.2) is 9.78 Å². The zero-order valence-electron chi connectivity index (χ0n) is 10.7. The minimum absolute atomic E-state index is 0.275.